The normalized spacial score (nSPS) is 19.8. The van der Waals surface area contributed by atoms with Crippen molar-refractivity contribution < 1.29 is 14.4 Å². The number of carbonyl (C=O) groups excluding carboxylic acids is 2. The minimum absolute atomic E-state index is 0.350. The van der Waals surface area contributed by atoms with Gasteiger partial charge in [-0.3, -0.25) is 19.9 Å². The van der Waals surface area contributed by atoms with E-state index in [9.17, 15) is 9.59 Å². The zero-order valence-electron chi connectivity index (χ0n) is 12.7. The summed E-state index contributed by atoms with van der Waals surface area (Å²) in [5.41, 5.74) is 6.03. The van der Waals surface area contributed by atoms with Crippen molar-refractivity contribution in [2.24, 2.45) is 0 Å². The molecule has 120 valence electrons. The Labute approximate surface area is 147 Å². The van der Waals surface area contributed by atoms with Crippen molar-refractivity contribution in [3.8, 4) is 0 Å². The number of halogens is 1. The van der Waals surface area contributed by atoms with Crippen LogP contribution in [0, 0.1) is 6.92 Å². The Balaban J connectivity index is 1.78. The fraction of sp³-hybridized carbons (Fsp3) is 0.111. The average Bonchev–Trinajstić information content (AvgIpc) is 3.11. The number of imide groups is 1. The van der Waals surface area contributed by atoms with Gasteiger partial charge in [0.1, 0.15) is 0 Å². The Morgan fingerprint density at radius 2 is 1.71 bits per heavy atom. The largest absolute Gasteiger partial charge is 0.270 e. The van der Waals surface area contributed by atoms with Gasteiger partial charge in [0.05, 0.1) is 17.0 Å². The lowest BCUT2D eigenvalue weighted by atomic mass is 10.1. The lowest BCUT2D eigenvalue weighted by molar-refractivity contribution is -0.127. The van der Waals surface area contributed by atoms with Gasteiger partial charge in [0, 0.05) is 10.0 Å². The highest BCUT2D eigenvalue weighted by Gasteiger charge is 2.50. The van der Waals surface area contributed by atoms with Crippen LogP contribution in [0.2, 0.25) is 0 Å². The first-order chi connectivity index (χ1) is 11.6. The Morgan fingerprint density at radius 3 is 2.38 bits per heavy atom. The maximum absolute atomic E-state index is 12.9. The van der Waals surface area contributed by atoms with Gasteiger partial charge >= 0.3 is 0 Å². The molecule has 0 aromatic heterocycles. The third-order valence-corrected chi connectivity index (χ3v) is 4.64. The number of nitrogens with one attached hydrogen (secondary N) is 1. The molecule has 0 saturated carbocycles. The number of aryl methyl sites for hydroxylation is 1. The summed E-state index contributed by atoms with van der Waals surface area (Å²) in [7, 11) is 0. The first-order valence-corrected chi connectivity index (χ1v) is 8.22. The summed E-state index contributed by atoms with van der Waals surface area (Å²) in [5.74, 6) is -0.727. The average molecular weight is 385 g/mol. The van der Waals surface area contributed by atoms with Crippen molar-refractivity contribution in [2.45, 2.75) is 13.0 Å². The molecule has 1 atom stereocenters. The second kappa shape index (κ2) is 5.58. The smallest absolute Gasteiger partial charge is 0.270 e. The number of carbonyl (C=O) groups is 2. The molecular weight excluding hydrogens is 372 g/mol. The van der Waals surface area contributed by atoms with Crippen LogP contribution in [0.15, 0.2) is 58.6 Å². The first kappa shape index (κ1) is 15.1. The topological polar surface area (TPSA) is 58.6 Å². The fourth-order valence-electron chi connectivity index (χ4n) is 2.86. The minimum atomic E-state index is -0.905. The van der Waals surface area contributed by atoms with Gasteiger partial charge in [0.25, 0.3) is 11.8 Å². The second-order valence-corrected chi connectivity index (χ2v) is 6.63. The molecule has 2 heterocycles. The van der Waals surface area contributed by atoms with Crippen molar-refractivity contribution in [1.29, 1.82) is 0 Å². The molecule has 1 N–H and O–H groups in total. The predicted octanol–water partition coefficient (Wildman–Crippen LogP) is 2.95. The number of rotatable bonds is 2. The summed E-state index contributed by atoms with van der Waals surface area (Å²) in [6.45, 7) is 1.95. The van der Waals surface area contributed by atoms with Crippen LogP contribution in [-0.4, -0.2) is 17.9 Å². The molecule has 6 heteroatoms. The van der Waals surface area contributed by atoms with Gasteiger partial charge in [-0.2, -0.15) is 0 Å². The summed E-state index contributed by atoms with van der Waals surface area (Å²) in [4.78, 5) is 32.0. The molecule has 2 aliphatic heterocycles. The maximum atomic E-state index is 12.9. The van der Waals surface area contributed by atoms with E-state index < -0.39 is 6.10 Å². The first-order valence-electron chi connectivity index (χ1n) is 7.43. The molecule has 2 aromatic carbocycles. The Bertz CT molecular complexity index is 872. The molecule has 0 unspecified atom stereocenters. The zero-order chi connectivity index (χ0) is 16.8. The number of nitrogens with zero attached hydrogens (tertiary/aromatic N) is 1. The molecule has 0 spiro atoms. The van der Waals surface area contributed by atoms with Gasteiger partial charge in [0.15, 0.2) is 6.10 Å². The molecule has 0 radical (unpaired) electrons. The lowest BCUT2D eigenvalue weighted by Crippen LogP contribution is -2.34. The van der Waals surface area contributed by atoms with Gasteiger partial charge < -0.3 is 0 Å². The summed E-state index contributed by atoms with van der Waals surface area (Å²) in [5, 5.41) is 0. The second-order valence-electron chi connectivity index (χ2n) is 5.71. The third-order valence-electron chi connectivity index (χ3n) is 4.11. The number of benzene rings is 2. The molecule has 1 fully saturated rings. The molecule has 2 aromatic rings. The van der Waals surface area contributed by atoms with E-state index in [1.54, 1.807) is 12.1 Å². The van der Waals surface area contributed by atoms with Gasteiger partial charge in [-0.15, -0.1) is 0 Å². The van der Waals surface area contributed by atoms with E-state index in [4.69, 9.17) is 4.84 Å². The van der Waals surface area contributed by atoms with Crippen LogP contribution in [0.4, 0.5) is 5.69 Å². The van der Waals surface area contributed by atoms with Gasteiger partial charge in [-0.1, -0.05) is 45.8 Å². The quantitative estimate of drug-likeness (QED) is 0.808. The van der Waals surface area contributed by atoms with Gasteiger partial charge in [0.2, 0.25) is 0 Å². The molecule has 0 bridgehead atoms. The van der Waals surface area contributed by atoms with E-state index in [-0.39, 0.29) is 11.8 Å². The summed E-state index contributed by atoms with van der Waals surface area (Å²) < 4.78 is 0.933. The minimum Gasteiger partial charge on any atom is -0.270 e. The Hall–Kier alpha value is -2.44. The zero-order valence-corrected chi connectivity index (χ0v) is 14.3. The molecule has 1 saturated heterocycles. The van der Waals surface area contributed by atoms with E-state index in [0.29, 0.717) is 17.0 Å². The van der Waals surface area contributed by atoms with E-state index in [1.165, 1.54) is 4.90 Å². The van der Waals surface area contributed by atoms with E-state index in [0.717, 1.165) is 15.6 Å². The van der Waals surface area contributed by atoms with Crippen molar-refractivity contribution in [1.82, 2.24) is 5.48 Å². The van der Waals surface area contributed by atoms with E-state index >= 15 is 0 Å². The van der Waals surface area contributed by atoms with Crippen LogP contribution in [0.25, 0.3) is 5.70 Å². The lowest BCUT2D eigenvalue weighted by Gasteiger charge is -2.15. The maximum Gasteiger partial charge on any atom is 0.270 e. The number of anilines is 1. The third kappa shape index (κ3) is 2.26. The van der Waals surface area contributed by atoms with Crippen molar-refractivity contribution >= 4 is 39.1 Å². The monoisotopic (exact) mass is 384 g/mol. The standard InChI is InChI=1S/C18H13BrN2O3/c1-10-2-8-13(9-3-10)21-17(22)14-15(20-24-16(14)18(21)23)11-4-6-12(19)7-5-11/h2-9,16,20H,1H3/t16-/m0/s1. The fourth-order valence-corrected chi connectivity index (χ4v) is 3.13. The SMILES string of the molecule is Cc1ccc(N2C(=O)C3=C(c4ccc(Br)cc4)NO[C@@H]3C2=O)cc1. The van der Waals surface area contributed by atoms with Crippen LogP contribution in [-0.2, 0) is 14.4 Å². The van der Waals surface area contributed by atoms with Crippen LogP contribution >= 0.6 is 15.9 Å². The summed E-state index contributed by atoms with van der Waals surface area (Å²) in [6, 6.07) is 14.7. The highest BCUT2D eigenvalue weighted by atomic mass is 79.9. The van der Waals surface area contributed by atoms with Gasteiger partial charge in [-0.25, -0.2) is 4.90 Å². The highest BCUT2D eigenvalue weighted by Crippen LogP contribution is 2.36. The number of amides is 2. The summed E-state index contributed by atoms with van der Waals surface area (Å²) in [6.07, 6.45) is -0.905. The Kier molecular flexibility index (Phi) is 3.51. The van der Waals surface area contributed by atoms with E-state index in [1.807, 2.05) is 43.3 Å². The van der Waals surface area contributed by atoms with Crippen LogP contribution in [0.5, 0.6) is 0 Å². The molecular formula is C18H13BrN2O3. The van der Waals surface area contributed by atoms with Crippen molar-refractivity contribution in [2.75, 3.05) is 4.90 Å². The molecule has 2 amide bonds. The van der Waals surface area contributed by atoms with Crippen molar-refractivity contribution in [3.05, 3.63) is 69.7 Å². The predicted molar refractivity (Wildman–Crippen MR) is 92.7 cm³/mol. The van der Waals surface area contributed by atoms with Crippen LogP contribution in [0.1, 0.15) is 11.1 Å². The number of fused-ring (bicyclic) bond motifs is 1. The number of hydrogen-bond acceptors (Lipinski definition) is 4. The number of hydroxylamine groups is 1. The number of hydrogen-bond donors (Lipinski definition) is 1. The molecule has 24 heavy (non-hydrogen) atoms. The van der Waals surface area contributed by atoms with E-state index in [2.05, 4.69) is 21.4 Å². The Morgan fingerprint density at radius 1 is 1.04 bits per heavy atom. The van der Waals surface area contributed by atoms with Crippen LogP contribution < -0.4 is 10.4 Å². The molecule has 5 nitrogen and oxygen atoms in total. The molecule has 0 aliphatic carbocycles. The van der Waals surface area contributed by atoms with Gasteiger partial charge in [-0.05, 0) is 31.2 Å². The molecule has 4 rings (SSSR count). The molecule has 2 aliphatic rings. The van der Waals surface area contributed by atoms with Crippen molar-refractivity contribution in [3.63, 3.8) is 0 Å². The van der Waals surface area contributed by atoms with Crippen LogP contribution in [0.3, 0.4) is 0 Å². The highest BCUT2D eigenvalue weighted by molar-refractivity contribution is 9.10. The summed E-state index contributed by atoms with van der Waals surface area (Å²) >= 11 is 3.38.